The van der Waals surface area contributed by atoms with Crippen molar-refractivity contribution in [2.45, 2.75) is 58.7 Å². The molecule has 2 amide bonds. The molecule has 2 aromatic heterocycles. The first kappa shape index (κ1) is 25.4. The summed E-state index contributed by atoms with van der Waals surface area (Å²) in [7, 11) is 0. The van der Waals surface area contributed by atoms with Crippen LogP contribution < -0.4 is 10.6 Å². The lowest BCUT2D eigenvalue weighted by Crippen LogP contribution is -2.41. The Labute approximate surface area is 220 Å². The number of hydrogen-bond donors (Lipinski definition) is 2. The number of benzene rings is 2. The van der Waals surface area contributed by atoms with Crippen LogP contribution in [0.25, 0.3) is 21.9 Å². The Hall–Kier alpha value is -4.28. The number of ether oxygens (including phenoxy) is 1. The van der Waals surface area contributed by atoms with E-state index < -0.39 is 11.7 Å². The van der Waals surface area contributed by atoms with Gasteiger partial charge in [-0.15, -0.1) is 5.10 Å². The van der Waals surface area contributed by atoms with Crippen LogP contribution in [-0.2, 0) is 4.74 Å². The molecule has 198 valence electrons. The maximum atomic E-state index is 13.0. The summed E-state index contributed by atoms with van der Waals surface area (Å²) in [4.78, 5) is 36.0. The van der Waals surface area contributed by atoms with Gasteiger partial charge in [0.1, 0.15) is 22.2 Å². The Bertz CT molecular complexity index is 1490. The second-order valence-corrected chi connectivity index (χ2v) is 10.8. The summed E-state index contributed by atoms with van der Waals surface area (Å²) in [5, 5.41) is 15.5. The van der Waals surface area contributed by atoms with Gasteiger partial charge < -0.3 is 20.3 Å². The number of hydrogen-bond acceptors (Lipinski definition) is 8. The van der Waals surface area contributed by atoms with Crippen LogP contribution in [0.15, 0.2) is 42.6 Å². The average Bonchev–Trinajstić information content (AvgIpc) is 3.50. The number of nitrogens with one attached hydrogen (secondary N) is 2. The lowest BCUT2D eigenvalue weighted by Gasteiger charge is -2.22. The molecule has 5 rings (SSSR count). The van der Waals surface area contributed by atoms with Crippen LogP contribution >= 0.6 is 0 Å². The molecule has 0 radical (unpaired) electrons. The van der Waals surface area contributed by atoms with Gasteiger partial charge in [0.2, 0.25) is 5.95 Å². The first-order valence-corrected chi connectivity index (χ1v) is 12.7. The normalized spacial score (nSPS) is 15.8. The topological polar surface area (TPSA) is 127 Å². The van der Waals surface area contributed by atoms with Crippen molar-refractivity contribution >= 4 is 45.6 Å². The number of aromatic nitrogens is 5. The van der Waals surface area contributed by atoms with E-state index in [1.807, 2.05) is 49.7 Å². The predicted molar refractivity (Wildman–Crippen MR) is 144 cm³/mol. The van der Waals surface area contributed by atoms with Gasteiger partial charge in [0.25, 0.3) is 5.91 Å². The van der Waals surface area contributed by atoms with Crippen molar-refractivity contribution in [1.29, 1.82) is 0 Å². The van der Waals surface area contributed by atoms with Gasteiger partial charge in [-0.1, -0.05) is 5.21 Å². The van der Waals surface area contributed by atoms with Crippen LogP contribution in [0.3, 0.4) is 0 Å². The molecule has 1 aliphatic heterocycles. The number of alkyl carbamates (subject to hydrolysis) is 1. The predicted octanol–water partition coefficient (Wildman–Crippen LogP) is 4.44. The zero-order chi connectivity index (χ0) is 27.0. The molecule has 0 unspecified atom stereocenters. The standard InChI is InChI=1S/C27H32N8O3/c1-16(2)35-23-21(32-33-35)11-8-18-14-28-25(31-22(18)23)29-19-9-6-17(7-10-19)24(36)34-13-12-20(15-34)30-26(37)38-27(3,4)5/h6-11,14,16,20H,12-13,15H2,1-5H3,(H,30,37)(H,28,29,31)/t20-/m0/s1. The minimum atomic E-state index is -0.564. The molecule has 11 heteroatoms. The van der Waals surface area contributed by atoms with Gasteiger partial charge in [0.05, 0.1) is 6.04 Å². The van der Waals surface area contributed by atoms with Crippen LogP contribution in [0.2, 0.25) is 0 Å². The molecule has 11 nitrogen and oxygen atoms in total. The second kappa shape index (κ2) is 9.88. The lowest BCUT2D eigenvalue weighted by atomic mass is 10.2. The zero-order valence-electron chi connectivity index (χ0n) is 22.2. The Morgan fingerprint density at radius 2 is 1.87 bits per heavy atom. The fourth-order valence-corrected chi connectivity index (χ4v) is 4.49. The summed E-state index contributed by atoms with van der Waals surface area (Å²) in [6, 6.07) is 11.1. The molecule has 0 saturated carbocycles. The maximum Gasteiger partial charge on any atom is 0.407 e. The molecule has 1 aliphatic rings. The third-order valence-corrected chi connectivity index (χ3v) is 6.26. The fraction of sp³-hybridized carbons (Fsp3) is 0.407. The number of nitrogens with zero attached hydrogens (tertiary/aromatic N) is 6. The van der Waals surface area contributed by atoms with Crippen LogP contribution in [0.5, 0.6) is 0 Å². The van der Waals surface area contributed by atoms with Crippen LogP contribution in [-0.4, -0.2) is 66.6 Å². The van der Waals surface area contributed by atoms with E-state index in [0.717, 1.165) is 27.6 Å². The Balaban J connectivity index is 1.26. The second-order valence-electron chi connectivity index (χ2n) is 10.8. The molecule has 3 heterocycles. The zero-order valence-corrected chi connectivity index (χ0v) is 22.2. The number of anilines is 2. The van der Waals surface area contributed by atoms with Crippen molar-refractivity contribution in [1.82, 2.24) is 35.2 Å². The monoisotopic (exact) mass is 516 g/mol. The van der Waals surface area contributed by atoms with Crippen LogP contribution in [0.4, 0.5) is 16.4 Å². The van der Waals surface area contributed by atoms with Crippen molar-refractivity contribution in [3.05, 3.63) is 48.2 Å². The van der Waals surface area contributed by atoms with Crippen molar-refractivity contribution in [2.75, 3.05) is 18.4 Å². The molecule has 1 fully saturated rings. The highest BCUT2D eigenvalue weighted by molar-refractivity contribution is 6.01. The van der Waals surface area contributed by atoms with Crippen molar-refractivity contribution < 1.29 is 14.3 Å². The number of rotatable bonds is 5. The van der Waals surface area contributed by atoms with E-state index in [4.69, 9.17) is 9.72 Å². The van der Waals surface area contributed by atoms with Crippen molar-refractivity contribution in [3.63, 3.8) is 0 Å². The number of likely N-dealkylation sites (tertiary alicyclic amines) is 1. The van der Waals surface area contributed by atoms with E-state index >= 15 is 0 Å². The van der Waals surface area contributed by atoms with Gasteiger partial charge in [-0.05, 0) is 77.4 Å². The molecular weight excluding hydrogens is 484 g/mol. The summed E-state index contributed by atoms with van der Waals surface area (Å²) >= 11 is 0. The first-order valence-electron chi connectivity index (χ1n) is 12.7. The molecule has 0 aliphatic carbocycles. The van der Waals surface area contributed by atoms with Crippen molar-refractivity contribution in [3.8, 4) is 0 Å². The molecule has 1 saturated heterocycles. The molecule has 2 aromatic carbocycles. The Kier molecular flexibility index (Phi) is 6.60. The van der Waals surface area contributed by atoms with Gasteiger partial charge in [-0.3, -0.25) is 4.79 Å². The largest absolute Gasteiger partial charge is 0.444 e. The highest BCUT2D eigenvalue weighted by Gasteiger charge is 2.29. The summed E-state index contributed by atoms with van der Waals surface area (Å²) in [6.45, 7) is 10.6. The summed E-state index contributed by atoms with van der Waals surface area (Å²) < 4.78 is 7.18. The summed E-state index contributed by atoms with van der Waals surface area (Å²) in [5.41, 5.74) is 3.19. The highest BCUT2D eigenvalue weighted by atomic mass is 16.6. The van der Waals surface area contributed by atoms with Gasteiger partial charge in [0, 0.05) is 42.0 Å². The number of amides is 2. The van der Waals surface area contributed by atoms with Gasteiger partial charge >= 0.3 is 6.09 Å². The minimum absolute atomic E-state index is 0.0798. The van der Waals surface area contributed by atoms with E-state index in [-0.39, 0.29) is 18.0 Å². The summed E-state index contributed by atoms with van der Waals surface area (Å²) in [6.07, 6.45) is 1.99. The van der Waals surface area contributed by atoms with Gasteiger partial charge in [0.15, 0.2) is 0 Å². The third-order valence-electron chi connectivity index (χ3n) is 6.26. The average molecular weight is 517 g/mol. The molecule has 38 heavy (non-hydrogen) atoms. The van der Waals surface area contributed by atoms with E-state index in [2.05, 4.69) is 39.8 Å². The molecule has 1 atom stereocenters. The fourth-order valence-electron chi connectivity index (χ4n) is 4.49. The maximum absolute atomic E-state index is 13.0. The molecule has 4 aromatic rings. The Morgan fingerprint density at radius 3 is 2.58 bits per heavy atom. The lowest BCUT2D eigenvalue weighted by molar-refractivity contribution is 0.0502. The van der Waals surface area contributed by atoms with E-state index in [9.17, 15) is 9.59 Å². The number of fused-ring (bicyclic) bond motifs is 3. The quantitative estimate of drug-likeness (QED) is 0.399. The third kappa shape index (κ3) is 5.36. The van der Waals surface area contributed by atoms with Crippen LogP contribution in [0.1, 0.15) is 57.4 Å². The molecule has 0 spiro atoms. The molecule has 0 bridgehead atoms. The van der Waals surface area contributed by atoms with E-state index in [0.29, 0.717) is 31.0 Å². The minimum Gasteiger partial charge on any atom is -0.444 e. The van der Waals surface area contributed by atoms with Crippen molar-refractivity contribution in [2.24, 2.45) is 0 Å². The van der Waals surface area contributed by atoms with Gasteiger partial charge in [-0.25, -0.2) is 19.4 Å². The van der Waals surface area contributed by atoms with Crippen LogP contribution in [0, 0.1) is 0 Å². The number of carbonyl (C=O) groups is 2. The highest BCUT2D eigenvalue weighted by Crippen LogP contribution is 2.26. The van der Waals surface area contributed by atoms with Gasteiger partial charge in [-0.2, -0.15) is 0 Å². The summed E-state index contributed by atoms with van der Waals surface area (Å²) in [5.74, 6) is 0.361. The first-order chi connectivity index (χ1) is 18.1. The molecular formula is C27H32N8O3. The SMILES string of the molecule is CC(C)n1nnc2ccc3cnc(Nc4ccc(C(=O)N5CC[C@H](NC(=O)OC(C)(C)C)C5)cc4)nc3c21. The van der Waals surface area contributed by atoms with E-state index in [1.54, 1.807) is 23.2 Å². The molecule has 2 N–H and O–H groups in total. The smallest absolute Gasteiger partial charge is 0.407 e. The Morgan fingerprint density at radius 1 is 1.11 bits per heavy atom. The van der Waals surface area contributed by atoms with E-state index in [1.165, 1.54) is 0 Å². The number of carbonyl (C=O) groups excluding carboxylic acids is 2.